The van der Waals surface area contributed by atoms with Gasteiger partial charge in [-0.05, 0) is 17.7 Å². The van der Waals surface area contributed by atoms with Gasteiger partial charge in [-0.2, -0.15) is 0 Å². The van der Waals surface area contributed by atoms with Crippen LogP contribution in [0.5, 0.6) is 11.5 Å². The maximum Gasteiger partial charge on any atom is 0.356 e. The van der Waals surface area contributed by atoms with E-state index in [1.807, 2.05) is 0 Å². The second kappa shape index (κ2) is 6.44. The van der Waals surface area contributed by atoms with Gasteiger partial charge in [0.1, 0.15) is 0 Å². The highest BCUT2D eigenvalue weighted by molar-refractivity contribution is 7.54. The standard InChI is InChI=1S/C12H15N2O5PS/c1-18-20(17,19-2)11(14-12-13-5-6-21-12)8-3-4-9(15)10(16)7-8/h3-7,11,15-16H,1-2H3,(H,13,14)/t11-/m0/s1. The Hall–Kier alpha value is -1.60. The topological polar surface area (TPSA) is 101 Å². The Kier molecular flexibility index (Phi) is 4.84. The van der Waals surface area contributed by atoms with E-state index >= 15 is 0 Å². The van der Waals surface area contributed by atoms with Gasteiger partial charge in [-0.25, -0.2) is 4.98 Å². The van der Waals surface area contributed by atoms with Crippen LogP contribution in [0, 0.1) is 0 Å². The van der Waals surface area contributed by atoms with Crippen molar-refractivity contribution in [3.63, 3.8) is 0 Å². The average molecular weight is 330 g/mol. The summed E-state index contributed by atoms with van der Waals surface area (Å²) in [6.07, 6.45) is 1.60. The van der Waals surface area contributed by atoms with Crippen LogP contribution in [0.2, 0.25) is 0 Å². The zero-order chi connectivity index (χ0) is 15.5. The summed E-state index contributed by atoms with van der Waals surface area (Å²) in [4.78, 5) is 4.07. The molecule has 2 aromatic rings. The van der Waals surface area contributed by atoms with Crippen molar-refractivity contribution < 1.29 is 23.8 Å². The maximum atomic E-state index is 12.7. The molecular formula is C12H15N2O5PS. The Balaban J connectivity index is 2.44. The fourth-order valence-electron chi connectivity index (χ4n) is 1.75. The van der Waals surface area contributed by atoms with Crippen LogP contribution in [-0.2, 0) is 13.6 Å². The highest BCUT2D eigenvalue weighted by Gasteiger charge is 2.36. The van der Waals surface area contributed by atoms with E-state index in [1.165, 1.54) is 43.8 Å². The molecule has 0 saturated carbocycles. The zero-order valence-corrected chi connectivity index (χ0v) is 13.1. The van der Waals surface area contributed by atoms with Crippen molar-refractivity contribution in [2.45, 2.75) is 5.78 Å². The van der Waals surface area contributed by atoms with Gasteiger partial charge in [0.2, 0.25) is 0 Å². The van der Waals surface area contributed by atoms with Crippen molar-refractivity contribution >= 4 is 24.1 Å². The van der Waals surface area contributed by atoms with Crippen LogP contribution in [0.3, 0.4) is 0 Å². The third-order valence-electron chi connectivity index (χ3n) is 2.83. The normalized spacial score (nSPS) is 13.0. The zero-order valence-electron chi connectivity index (χ0n) is 11.4. The summed E-state index contributed by atoms with van der Waals surface area (Å²) < 4.78 is 22.8. The number of nitrogens with one attached hydrogen (secondary N) is 1. The number of rotatable bonds is 6. The van der Waals surface area contributed by atoms with E-state index < -0.39 is 13.4 Å². The van der Waals surface area contributed by atoms with Gasteiger partial charge in [0.05, 0.1) is 0 Å². The molecule has 0 amide bonds. The first-order valence-electron chi connectivity index (χ1n) is 5.89. The molecule has 21 heavy (non-hydrogen) atoms. The first-order chi connectivity index (χ1) is 10.00. The minimum absolute atomic E-state index is 0.267. The van der Waals surface area contributed by atoms with E-state index in [-0.39, 0.29) is 11.5 Å². The molecule has 9 heteroatoms. The van der Waals surface area contributed by atoms with Crippen molar-refractivity contribution in [1.29, 1.82) is 0 Å². The highest BCUT2D eigenvalue weighted by atomic mass is 32.1. The monoisotopic (exact) mass is 330 g/mol. The smallest absolute Gasteiger partial charge is 0.356 e. The van der Waals surface area contributed by atoms with E-state index in [0.29, 0.717) is 10.7 Å². The SMILES string of the molecule is COP(=O)(OC)[C@H](Nc1nccs1)c1ccc(O)c(O)c1. The lowest BCUT2D eigenvalue weighted by Crippen LogP contribution is -2.13. The fourth-order valence-corrected chi connectivity index (χ4v) is 3.77. The number of phenolic OH excluding ortho intramolecular Hbond substituents is 2. The van der Waals surface area contributed by atoms with Crippen molar-refractivity contribution in [2.24, 2.45) is 0 Å². The molecule has 0 aliphatic heterocycles. The van der Waals surface area contributed by atoms with Gasteiger partial charge in [-0.3, -0.25) is 4.57 Å². The van der Waals surface area contributed by atoms with Crippen LogP contribution in [0.4, 0.5) is 5.13 Å². The van der Waals surface area contributed by atoms with Gasteiger partial charge in [-0.15, -0.1) is 11.3 Å². The molecule has 0 bridgehead atoms. The molecule has 1 aromatic carbocycles. The maximum absolute atomic E-state index is 12.7. The number of aromatic hydroxyl groups is 2. The van der Waals surface area contributed by atoms with Crippen LogP contribution in [0.1, 0.15) is 11.3 Å². The van der Waals surface area contributed by atoms with Crippen molar-refractivity contribution in [1.82, 2.24) is 4.98 Å². The summed E-state index contributed by atoms with van der Waals surface area (Å²) in [6.45, 7) is 0. The summed E-state index contributed by atoms with van der Waals surface area (Å²) >= 11 is 1.32. The second-order valence-corrected chi connectivity index (χ2v) is 7.26. The van der Waals surface area contributed by atoms with Crippen LogP contribution >= 0.6 is 18.9 Å². The quantitative estimate of drug-likeness (QED) is 0.552. The summed E-state index contributed by atoms with van der Waals surface area (Å²) in [5, 5.41) is 24.3. The molecule has 0 spiro atoms. The van der Waals surface area contributed by atoms with Crippen molar-refractivity contribution in [3.05, 3.63) is 35.3 Å². The van der Waals surface area contributed by atoms with E-state index in [9.17, 15) is 14.8 Å². The molecule has 7 nitrogen and oxygen atoms in total. The number of hydrogen-bond donors (Lipinski definition) is 3. The molecule has 0 radical (unpaired) electrons. The van der Waals surface area contributed by atoms with Gasteiger partial charge in [0, 0.05) is 25.8 Å². The molecule has 1 heterocycles. The van der Waals surface area contributed by atoms with E-state index in [0.717, 1.165) is 0 Å². The summed E-state index contributed by atoms with van der Waals surface area (Å²) in [7, 11) is -0.969. The molecular weight excluding hydrogens is 315 g/mol. The fraction of sp³-hybridized carbons (Fsp3) is 0.250. The molecule has 0 saturated heterocycles. The predicted molar refractivity (Wildman–Crippen MR) is 79.9 cm³/mol. The van der Waals surface area contributed by atoms with Gasteiger partial charge < -0.3 is 24.6 Å². The third-order valence-corrected chi connectivity index (χ3v) is 5.61. The molecule has 0 aliphatic carbocycles. The largest absolute Gasteiger partial charge is 0.504 e. The van der Waals surface area contributed by atoms with E-state index in [4.69, 9.17) is 9.05 Å². The minimum Gasteiger partial charge on any atom is -0.504 e. The number of thiazole rings is 1. The number of anilines is 1. The van der Waals surface area contributed by atoms with Gasteiger partial charge in [-0.1, -0.05) is 6.07 Å². The lowest BCUT2D eigenvalue weighted by molar-refractivity contribution is 0.268. The second-order valence-electron chi connectivity index (χ2n) is 4.04. The van der Waals surface area contributed by atoms with E-state index in [2.05, 4.69) is 10.3 Å². The van der Waals surface area contributed by atoms with Gasteiger partial charge in [0.25, 0.3) is 0 Å². The Morgan fingerprint density at radius 2 is 2.00 bits per heavy atom. The Bertz CT molecular complexity index is 641. The number of nitrogens with zero attached hydrogens (tertiary/aromatic N) is 1. The first-order valence-corrected chi connectivity index (χ1v) is 8.38. The average Bonchev–Trinajstić information content (AvgIpc) is 3.00. The number of phenols is 2. The Labute approximate surface area is 125 Å². The molecule has 1 atom stereocenters. The first kappa shape index (κ1) is 15.8. The third kappa shape index (κ3) is 3.36. The molecule has 0 fully saturated rings. The molecule has 1 aromatic heterocycles. The molecule has 3 N–H and O–H groups in total. The van der Waals surface area contributed by atoms with Crippen LogP contribution in [0.15, 0.2) is 29.8 Å². The molecule has 114 valence electrons. The minimum atomic E-state index is -3.53. The lowest BCUT2D eigenvalue weighted by Gasteiger charge is -2.25. The Morgan fingerprint density at radius 3 is 2.52 bits per heavy atom. The molecule has 0 aliphatic rings. The van der Waals surface area contributed by atoms with Crippen molar-refractivity contribution in [3.8, 4) is 11.5 Å². The van der Waals surface area contributed by atoms with Crippen LogP contribution in [0.25, 0.3) is 0 Å². The lowest BCUT2D eigenvalue weighted by atomic mass is 10.2. The predicted octanol–water partition coefficient (Wildman–Crippen LogP) is 3.15. The number of hydrogen-bond acceptors (Lipinski definition) is 8. The van der Waals surface area contributed by atoms with Crippen LogP contribution < -0.4 is 5.32 Å². The summed E-state index contributed by atoms with van der Waals surface area (Å²) in [6, 6.07) is 4.12. The molecule has 0 unspecified atom stereocenters. The van der Waals surface area contributed by atoms with Gasteiger partial charge >= 0.3 is 7.60 Å². The highest BCUT2D eigenvalue weighted by Crippen LogP contribution is 2.60. The number of benzene rings is 1. The van der Waals surface area contributed by atoms with Crippen LogP contribution in [-0.4, -0.2) is 29.4 Å². The Morgan fingerprint density at radius 1 is 1.29 bits per heavy atom. The van der Waals surface area contributed by atoms with Gasteiger partial charge in [0.15, 0.2) is 22.4 Å². The van der Waals surface area contributed by atoms with Crippen molar-refractivity contribution in [2.75, 3.05) is 19.5 Å². The number of aromatic nitrogens is 1. The van der Waals surface area contributed by atoms with E-state index in [1.54, 1.807) is 11.6 Å². The summed E-state index contributed by atoms with van der Waals surface area (Å²) in [5.41, 5.74) is 0.438. The summed E-state index contributed by atoms with van der Waals surface area (Å²) in [5.74, 6) is -1.46. The molecule has 2 rings (SSSR count).